The predicted octanol–water partition coefficient (Wildman–Crippen LogP) is 2.25. The molecule has 0 saturated carbocycles. The first-order valence-corrected chi connectivity index (χ1v) is 7.34. The van der Waals surface area contributed by atoms with Crippen molar-refractivity contribution < 1.29 is 14.3 Å². The Balaban J connectivity index is 1.78. The molecule has 1 saturated heterocycles. The van der Waals surface area contributed by atoms with Crippen LogP contribution in [0, 0.1) is 11.3 Å². The van der Waals surface area contributed by atoms with Crippen LogP contribution < -0.4 is 10.5 Å². The molecular formula is C18H16N2O3. The molecule has 1 amide bonds. The van der Waals surface area contributed by atoms with Crippen LogP contribution in [-0.4, -0.2) is 24.7 Å². The number of hydrogen-bond acceptors (Lipinski definition) is 4. The number of primary amides is 1. The quantitative estimate of drug-likeness (QED) is 0.938. The van der Waals surface area contributed by atoms with E-state index in [0.717, 1.165) is 11.1 Å². The molecule has 3 rings (SSSR count). The van der Waals surface area contributed by atoms with E-state index in [1.807, 2.05) is 42.5 Å². The van der Waals surface area contributed by atoms with Gasteiger partial charge in [0.1, 0.15) is 18.0 Å². The van der Waals surface area contributed by atoms with Gasteiger partial charge in [0.15, 0.2) is 0 Å². The number of benzene rings is 2. The fourth-order valence-electron chi connectivity index (χ4n) is 2.63. The van der Waals surface area contributed by atoms with Gasteiger partial charge in [-0.2, -0.15) is 5.26 Å². The van der Waals surface area contributed by atoms with Crippen molar-refractivity contribution in [2.24, 2.45) is 5.73 Å². The Kier molecular flexibility index (Phi) is 4.26. The van der Waals surface area contributed by atoms with E-state index in [1.54, 1.807) is 6.07 Å². The summed E-state index contributed by atoms with van der Waals surface area (Å²) in [7, 11) is 0. The highest BCUT2D eigenvalue weighted by Gasteiger charge is 2.30. The Bertz CT molecular complexity index is 753. The van der Waals surface area contributed by atoms with Gasteiger partial charge in [0, 0.05) is 6.42 Å². The van der Waals surface area contributed by atoms with Crippen molar-refractivity contribution in [3.05, 3.63) is 54.1 Å². The lowest BCUT2D eigenvalue weighted by Crippen LogP contribution is -2.28. The maximum Gasteiger partial charge on any atom is 0.246 e. The number of hydrogen-bond donors (Lipinski definition) is 1. The van der Waals surface area contributed by atoms with Gasteiger partial charge in [-0.05, 0) is 29.3 Å². The molecule has 1 fully saturated rings. The summed E-state index contributed by atoms with van der Waals surface area (Å²) in [5, 5.41) is 9.39. The Morgan fingerprint density at radius 3 is 2.70 bits per heavy atom. The second-order valence-electron chi connectivity index (χ2n) is 5.39. The summed E-state index contributed by atoms with van der Waals surface area (Å²) in [5.41, 5.74) is 7.60. The second kappa shape index (κ2) is 6.51. The molecule has 1 aliphatic rings. The molecule has 2 atom stereocenters. The average molecular weight is 308 g/mol. The van der Waals surface area contributed by atoms with E-state index in [2.05, 4.69) is 6.07 Å². The number of amides is 1. The number of nitrogens with zero attached hydrogens (tertiary/aromatic N) is 1. The number of nitrogens with two attached hydrogens (primary N) is 1. The molecule has 5 heteroatoms. The standard InChI is InChI=1S/C18H16N2O3/c19-10-13-8-14(23-15-9-17(18(20)21)22-11-15)6-7-16(13)12-4-2-1-3-5-12/h1-8,15,17H,9,11H2,(H2,20,21)/t15-,17?/m0/s1. The lowest BCUT2D eigenvalue weighted by atomic mass is 10.0. The van der Waals surface area contributed by atoms with E-state index in [0.29, 0.717) is 24.3 Å². The highest BCUT2D eigenvalue weighted by Crippen LogP contribution is 2.28. The van der Waals surface area contributed by atoms with Crippen molar-refractivity contribution in [3.63, 3.8) is 0 Å². The van der Waals surface area contributed by atoms with E-state index >= 15 is 0 Å². The maximum atomic E-state index is 11.1. The van der Waals surface area contributed by atoms with Crippen LogP contribution in [-0.2, 0) is 9.53 Å². The van der Waals surface area contributed by atoms with Crippen LogP contribution in [0.2, 0.25) is 0 Å². The van der Waals surface area contributed by atoms with Gasteiger partial charge in [0.2, 0.25) is 5.91 Å². The van der Waals surface area contributed by atoms with Crippen LogP contribution in [0.3, 0.4) is 0 Å². The molecule has 116 valence electrons. The third-order valence-electron chi connectivity index (χ3n) is 3.78. The maximum absolute atomic E-state index is 11.1. The summed E-state index contributed by atoms with van der Waals surface area (Å²) < 4.78 is 11.1. The third-order valence-corrected chi connectivity index (χ3v) is 3.78. The summed E-state index contributed by atoms with van der Waals surface area (Å²) >= 11 is 0. The van der Waals surface area contributed by atoms with Crippen molar-refractivity contribution in [3.8, 4) is 22.9 Å². The van der Waals surface area contributed by atoms with Gasteiger partial charge in [-0.3, -0.25) is 4.79 Å². The molecule has 0 aromatic heterocycles. The zero-order valence-corrected chi connectivity index (χ0v) is 12.4. The molecule has 1 aliphatic heterocycles. The fraction of sp³-hybridized carbons (Fsp3) is 0.222. The highest BCUT2D eigenvalue weighted by molar-refractivity contribution is 5.79. The summed E-state index contributed by atoms with van der Waals surface area (Å²) in [5.74, 6) is 0.105. The Labute approximate surface area is 134 Å². The summed E-state index contributed by atoms with van der Waals surface area (Å²) in [6.45, 7) is 0.315. The summed E-state index contributed by atoms with van der Waals surface area (Å²) in [6.07, 6.45) is -0.405. The topological polar surface area (TPSA) is 85.3 Å². The minimum Gasteiger partial charge on any atom is -0.488 e. The Morgan fingerprint density at radius 2 is 2.04 bits per heavy atom. The van der Waals surface area contributed by atoms with Gasteiger partial charge in [0.05, 0.1) is 18.2 Å². The highest BCUT2D eigenvalue weighted by atomic mass is 16.6. The summed E-state index contributed by atoms with van der Waals surface area (Å²) in [6, 6.07) is 17.3. The first-order valence-electron chi connectivity index (χ1n) is 7.34. The van der Waals surface area contributed by atoms with Crippen molar-refractivity contribution in [2.75, 3.05) is 6.61 Å². The number of carbonyl (C=O) groups is 1. The van der Waals surface area contributed by atoms with E-state index in [9.17, 15) is 10.1 Å². The molecule has 0 radical (unpaired) electrons. The average Bonchev–Trinajstić information content (AvgIpc) is 3.04. The van der Waals surface area contributed by atoms with Gasteiger partial charge in [0.25, 0.3) is 0 Å². The van der Waals surface area contributed by atoms with Gasteiger partial charge in [-0.25, -0.2) is 0 Å². The van der Waals surface area contributed by atoms with Crippen LogP contribution in [0.1, 0.15) is 12.0 Å². The summed E-state index contributed by atoms with van der Waals surface area (Å²) in [4.78, 5) is 11.1. The molecule has 0 spiro atoms. The van der Waals surface area contributed by atoms with E-state index in [4.69, 9.17) is 15.2 Å². The van der Waals surface area contributed by atoms with E-state index in [-0.39, 0.29) is 6.10 Å². The van der Waals surface area contributed by atoms with Crippen LogP contribution in [0.15, 0.2) is 48.5 Å². The van der Waals surface area contributed by atoms with Crippen LogP contribution in [0.5, 0.6) is 5.75 Å². The first kappa shape index (κ1) is 15.1. The van der Waals surface area contributed by atoms with Crippen molar-refractivity contribution in [2.45, 2.75) is 18.6 Å². The number of rotatable bonds is 4. The SMILES string of the molecule is N#Cc1cc(O[C@@H]2COC(C(N)=O)C2)ccc1-c1ccccc1. The Morgan fingerprint density at radius 1 is 1.26 bits per heavy atom. The van der Waals surface area contributed by atoms with E-state index in [1.165, 1.54) is 0 Å². The molecule has 2 N–H and O–H groups in total. The van der Waals surface area contributed by atoms with Gasteiger partial charge in [-0.15, -0.1) is 0 Å². The molecule has 0 bridgehead atoms. The van der Waals surface area contributed by atoms with Gasteiger partial charge < -0.3 is 15.2 Å². The second-order valence-corrected chi connectivity index (χ2v) is 5.39. The number of ether oxygens (including phenoxy) is 2. The van der Waals surface area contributed by atoms with Gasteiger partial charge >= 0.3 is 0 Å². The van der Waals surface area contributed by atoms with Crippen molar-refractivity contribution in [1.82, 2.24) is 0 Å². The molecule has 1 unspecified atom stereocenters. The first-order chi connectivity index (χ1) is 11.2. The molecule has 2 aromatic carbocycles. The lowest BCUT2D eigenvalue weighted by Gasteiger charge is -2.13. The Hall–Kier alpha value is -2.84. The fourth-order valence-corrected chi connectivity index (χ4v) is 2.63. The minimum atomic E-state index is -0.598. The van der Waals surface area contributed by atoms with Crippen molar-refractivity contribution >= 4 is 5.91 Å². The largest absolute Gasteiger partial charge is 0.488 e. The zero-order valence-electron chi connectivity index (χ0n) is 12.4. The third kappa shape index (κ3) is 3.33. The zero-order chi connectivity index (χ0) is 16.2. The molecule has 0 aliphatic carbocycles. The van der Waals surface area contributed by atoms with Gasteiger partial charge in [-0.1, -0.05) is 30.3 Å². The molecule has 2 aromatic rings. The smallest absolute Gasteiger partial charge is 0.246 e. The number of carbonyl (C=O) groups excluding carboxylic acids is 1. The normalized spacial score (nSPS) is 20.0. The molecule has 5 nitrogen and oxygen atoms in total. The van der Waals surface area contributed by atoms with Crippen LogP contribution >= 0.6 is 0 Å². The monoisotopic (exact) mass is 308 g/mol. The van der Waals surface area contributed by atoms with Crippen molar-refractivity contribution in [1.29, 1.82) is 5.26 Å². The predicted molar refractivity (Wildman–Crippen MR) is 84.6 cm³/mol. The van der Waals surface area contributed by atoms with Crippen LogP contribution in [0.4, 0.5) is 0 Å². The molecule has 23 heavy (non-hydrogen) atoms. The van der Waals surface area contributed by atoms with E-state index < -0.39 is 12.0 Å². The molecule has 1 heterocycles. The van der Waals surface area contributed by atoms with Crippen LogP contribution in [0.25, 0.3) is 11.1 Å². The molecular weight excluding hydrogens is 292 g/mol. The number of nitriles is 1. The lowest BCUT2D eigenvalue weighted by molar-refractivity contribution is -0.126. The minimum absolute atomic E-state index is 0.235.